The third kappa shape index (κ3) is 4.26. The first-order valence-electron chi connectivity index (χ1n) is 8.32. The first-order chi connectivity index (χ1) is 10.1. The normalized spacial score (nSPS) is 18.5. The summed E-state index contributed by atoms with van der Waals surface area (Å²) in [6.07, 6.45) is 8.29. The Hall–Kier alpha value is -0.960. The predicted molar refractivity (Wildman–Crippen MR) is 83.3 cm³/mol. The Kier molecular flexibility index (Phi) is 6.16. The van der Waals surface area contributed by atoms with Gasteiger partial charge in [-0.15, -0.1) is 0 Å². The summed E-state index contributed by atoms with van der Waals surface area (Å²) in [6, 6.07) is 2.76. The molecule has 1 aromatic rings. The van der Waals surface area contributed by atoms with Crippen molar-refractivity contribution < 1.29 is 8.78 Å². The van der Waals surface area contributed by atoms with Gasteiger partial charge in [-0.25, -0.2) is 8.78 Å². The molecule has 0 aromatic heterocycles. The van der Waals surface area contributed by atoms with E-state index < -0.39 is 11.6 Å². The maximum Gasteiger partial charge on any atom is 0.130 e. The van der Waals surface area contributed by atoms with Gasteiger partial charge >= 0.3 is 0 Å². The number of nitrogens with one attached hydrogen (secondary N) is 1. The van der Waals surface area contributed by atoms with Crippen LogP contribution in [-0.2, 0) is 0 Å². The van der Waals surface area contributed by atoms with Crippen LogP contribution in [0, 0.1) is 24.5 Å². The van der Waals surface area contributed by atoms with Crippen molar-refractivity contribution in [2.24, 2.45) is 5.92 Å². The minimum absolute atomic E-state index is 0.0161. The van der Waals surface area contributed by atoms with Crippen LogP contribution in [0.2, 0.25) is 0 Å². The number of hydrogen-bond acceptors (Lipinski definition) is 1. The Balaban J connectivity index is 2.27. The lowest BCUT2D eigenvalue weighted by Gasteiger charge is -2.28. The minimum Gasteiger partial charge on any atom is -0.310 e. The number of benzene rings is 1. The van der Waals surface area contributed by atoms with Crippen LogP contribution in [0.15, 0.2) is 12.1 Å². The Morgan fingerprint density at radius 3 is 2.38 bits per heavy atom. The van der Waals surface area contributed by atoms with Crippen molar-refractivity contribution in [2.45, 2.75) is 64.8 Å². The summed E-state index contributed by atoms with van der Waals surface area (Å²) in [5.41, 5.74) is 1.18. The average Bonchev–Trinajstić information content (AvgIpc) is 2.74. The Labute approximate surface area is 127 Å². The Bertz CT molecular complexity index is 451. The molecule has 1 fully saturated rings. The van der Waals surface area contributed by atoms with E-state index in [9.17, 15) is 8.78 Å². The van der Waals surface area contributed by atoms with Crippen molar-refractivity contribution in [3.05, 3.63) is 34.9 Å². The molecule has 21 heavy (non-hydrogen) atoms. The summed E-state index contributed by atoms with van der Waals surface area (Å²) in [5.74, 6) is -0.402. The van der Waals surface area contributed by atoms with Crippen molar-refractivity contribution >= 4 is 0 Å². The summed E-state index contributed by atoms with van der Waals surface area (Å²) in [5, 5.41) is 3.51. The largest absolute Gasteiger partial charge is 0.310 e. The monoisotopic (exact) mass is 295 g/mol. The second-order valence-electron chi connectivity index (χ2n) is 6.31. The van der Waals surface area contributed by atoms with Crippen LogP contribution >= 0.6 is 0 Å². The van der Waals surface area contributed by atoms with E-state index in [2.05, 4.69) is 12.2 Å². The summed E-state index contributed by atoms with van der Waals surface area (Å²) in [6.45, 7) is 4.70. The van der Waals surface area contributed by atoms with Crippen molar-refractivity contribution in [3.8, 4) is 0 Å². The molecule has 1 N–H and O–H groups in total. The molecule has 1 aliphatic rings. The second-order valence-corrected chi connectivity index (χ2v) is 6.31. The molecule has 0 amide bonds. The van der Waals surface area contributed by atoms with E-state index in [1.165, 1.54) is 25.7 Å². The first kappa shape index (κ1) is 16.4. The zero-order valence-corrected chi connectivity index (χ0v) is 13.2. The summed E-state index contributed by atoms with van der Waals surface area (Å²) < 4.78 is 27.8. The van der Waals surface area contributed by atoms with Gasteiger partial charge in [0.25, 0.3) is 0 Å². The van der Waals surface area contributed by atoms with E-state index in [-0.39, 0.29) is 6.04 Å². The molecule has 3 heteroatoms. The molecule has 0 saturated heterocycles. The summed E-state index contributed by atoms with van der Waals surface area (Å²) in [4.78, 5) is 0. The quantitative estimate of drug-likeness (QED) is 0.728. The van der Waals surface area contributed by atoms with E-state index >= 15 is 0 Å². The molecule has 0 spiro atoms. The van der Waals surface area contributed by atoms with Gasteiger partial charge in [0.1, 0.15) is 11.6 Å². The lowest BCUT2D eigenvalue weighted by molar-refractivity contribution is 0.317. The van der Waals surface area contributed by atoms with E-state index in [4.69, 9.17) is 0 Å². The molecule has 1 aliphatic carbocycles. The lowest BCUT2D eigenvalue weighted by Crippen LogP contribution is -2.30. The summed E-state index contributed by atoms with van der Waals surface area (Å²) in [7, 11) is 0. The molecule has 2 rings (SSSR count). The third-order valence-corrected chi connectivity index (χ3v) is 4.60. The molecule has 118 valence electrons. The molecule has 0 aliphatic heterocycles. The fourth-order valence-electron chi connectivity index (χ4n) is 3.39. The van der Waals surface area contributed by atoms with Crippen molar-refractivity contribution in [1.82, 2.24) is 5.32 Å². The van der Waals surface area contributed by atoms with Gasteiger partial charge in [0.05, 0.1) is 0 Å². The van der Waals surface area contributed by atoms with Gasteiger partial charge in [-0.3, -0.25) is 0 Å². The van der Waals surface area contributed by atoms with Crippen LogP contribution in [0.3, 0.4) is 0 Å². The van der Waals surface area contributed by atoms with Gasteiger partial charge in [-0.2, -0.15) is 0 Å². The molecule has 1 saturated carbocycles. The van der Waals surface area contributed by atoms with Crippen LogP contribution < -0.4 is 5.32 Å². The van der Waals surface area contributed by atoms with Crippen molar-refractivity contribution in [2.75, 3.05) is 6.54 Å². The molecule has 0 heterocycles. The maximum absolute atomic E-state index is 14.3. The zero-order chi connectivity index (χ0) is 15.2. The molecule has 0 radical (unpaired) electrons. The molecular weight excluding hydrogens is 268 g/mol. The van der Waals surface area contributed by atoms with Crippen LogP contribution in [0.25, 0.3) is 0 Å². The summed E-state index contributed by atoms with van der Waals surface area (Å²) >= 11 is 0. The minimum atomic E-state index is -0.452. The number of halogens is 2. The first-order valence-corrected chi connectivity index (χ1v) is 8.32. The molecule has 1 atom stereocenters. The number of hydrogen-bond donors (Lipinski definition) is 1. The van der Waals surface area contributed by atoms with E-state index in [1.54, 1.807) is 13.0 Å². The van der Waals surface area contributed by atoms with Crippen LogP contribution in [0.5, 0.6) is 0 Å². The maximum atomic E-state index is 14.3. The average molecular weight is 295 g/mol. The number of rotatable bonds is 5. The van der Waals surface area contributed by atoms with Crippen molar-refractivity contribution in [3.63, 3.8) is 0 Å². The van der Waals surface area contributed by atoms with Crippen LogP contribution in [0.1, 0.15) is 69.0 Å². The SMILES string of the molecule is CCCNC(c1cc(C)c(F)cc1F)C1CCCCCC1. The lowest BCUT2D eigenvalue weighted by atomic mass is 9.86. The fraction of sp³-hybridized carbons (Fsp3) is 0.667. The van der Waals surface area contributed by atoms with E-state index in [0.29, 0.717) is 17.0 Å². The zero-order valence-electron chi connectivity index (χ0n) is 13.2. The van der Waals surface area contributed by atoms with Gasteiger partial charge in [-0.1, -0.05) is 32.6 Å². The highest BCUT2D eigenvalue weighted by atomic mass is 19.1. The highest BCUT2D eigenvalue weighted by molar-refractivity contribution is 5.29. The van der Waals surface area contributed by atoms with Gasteiger partial charge < -0.3 is 5.32 Å². The van der Waals surface area contributed by atoms with Gasteiger partial charge in [0.15, 0.2) is 0 Å². The second kappa shape index (κ2) is 7.88. The highest BCUT2D eigenvalue weighted by Gasteiger charge is 2.26. The Morgan fingerprint density at radius 2 is 1.76 bits per heavy atom. The van der Waals surface area contributed by atoms with Gasteiger partial charge in [0.2, 0.25) is 0 Å². The van der Waals surface area contributed by atoms with Gasteiger partial charge in [0, 0.05) is 17.7 Å². The number of aryl methyl sites for hydroxylation is 1. The van der Waals surface area contributed by atoms with E-state index in [0.717, 1.165) is 31.9 Å². The van der Waals surface area contributed by atoms with Crippen LogP contribution in [-0.4, -0.2) is 6.54 Å². The molecule has 1 aromatic carbocycles. The molecule has 0 bridgehead atoms. The smallest absolute Gasteiger partial charge is 0.130 e. The standard InChI is InChI=1S/C18H27F2N/c1-3-10-21-18(14-8-6-4-5-7-9-14)15-11-13(2)16(19)12-17(15)20/h11-12,14,18,21H,3-10H2,1-2H3. The van der Waals surface area contributed by atoms with Gasteiger partial charge in [-0.05, 0) is 50.3 Å². The third-order valence-electron chi connectivity index (χ3n) is 4.60. The van der Waals surface area contributed by atoms with Crippen molar-refractivity contribution in [1.29, 1.82) is 0 Å². The van der Waals surface area contributed by atoms with E-state index in [1.807, 2.05) is 0 Å². The topological polar surface area (TPSA) is 12.0 Å². The highest BCUT2D eigenvalue weighted by Crippen LogP contribution is 2.35. The molecular formula is C18H27F2N. The predicted octanol–water partition coefficient (Wildman–Crippen LogP) is 5.28. The molecule has 1 nitrogen and oxygen atoms in total. The molecule has 1 unspecified atom stereocenters. The Morgan fingerprint density at radius 1 is 1.10 bits per heavy atom. The fourth-order valence-corrected chi connectivity index (χ4v) is 3.39. The van der Waals surface area contributed by atoms with Crippen LogP contribution in [0.4, 0.5) is 8.78 Å².